The average Bonchev–Trinajstić information content (AvgIpc) is 2.68. The van der Waals surface area contributed by atoms with Gasteiger partial charge in [0.1, 0.15) is 5.69 Å². The summed E-state index contributed by atoms with van der Waals surface area (Å²) in [7, 11) is 0. The van der Waals surface area contributed by atoms with E-state index in [4.69, 9.17) is 0 Å². The number of nitrogens with one attached hydrogen (secondary N) is 2. The van der Waals surface area contributed by atoms with Gasteiger partial charge in [0.15, 0.2) is 5.78 Å². The first-order valence-electron chi connectivity index (χ1n) is 9.52. The lowest BCUT2D eigenvalue weighted by molar-refractivity contribution is -0.123. The van der Waals surface area contributed by atoms with Gasteiger partial charge in [-0.1, -0.05) is 0 Å². The van der Waals surface area contributed by atoms with Crippen molar-refractivity contribution in [3.8, 4) is 0 Å². The van der Waals surface area contributed by atoms with Crippen molar-refractivity contribution in [1.82, 2.24) is 20.1 Å². The maximum absolute atomic E-state index is 13.0. The quantitative estimate of drug-likeness (QED) is 0.786. The highest BCUT2D eigenvalue weighted by Crippen LogP contribution is 2.20. The SMILES string of the molecule is CC(=O)c1c(C)[nH]c(C(=O)N2CCCN(CC(=O)NC(C)(C)C)CC2)c1C. The molecule has 0 atom stereocenters. The Kier molecular flexibility index (Phi) is 6.46. The second-order valence-electron chi connectivity index (χ2n) is 8.40. The van der Waals surface area contributed by atoms with Gasteiger partial charge in [0, 0.05) is 43.0 Å². The van der Waals surface area contributed by atoms with Crippen LogP contribution in [0, 0.1) is 13.8 Å². The summed E-state index contributed by atoms with van der Waals surface area (Å²) in [5.74, 6) is -0.111. The predicted molar refractivity (Wildman–Crippen MR) is 105 cm³/mol. The zero-order valence-corrected chi connectivity index (χ0v) is 17.4. The number of rotatable bonds is 4. The van der Waals surface area contributed by atoms with E-state index in [-0.39, 0.29) is 23.1 Å². The molecule has 7 heteroatoms. The zero-order valence-electron chi connectivity index (χ0n) is 17.4. The van der Waals surface area contributed by atoms with Gasteiger partial charge >= 0.3 is 0 Å². The van der Waals surface area contributed by atoms with Crippen LogP contribution in [0.4, 0.5) is 0 Å². The molecular weight excluding hydrogens is 344 g/mol. The third-order valence-corrected chi connectivity index (χ3v) is 4.76. The number of carbonyl (C=O) groups is 3. The van der Waals surface area contributed by atoms with Crippen molar-refractivity contribution in [3.63, 3.8) is 0 Å². The highest BCUT2D eigenvalue weighted by atomic mass is 16.2. The molecule has 27 heavy (non-hydrogen) atoms. The van der Waals surface area contributed by atoms with Gasteiger partial charge in [0.2, 0.25) is 5.91 Å². The molecule has 1 aromatic heterocycles. The molecule has 1 aliphatic heterocycles. The van der Waals surface area contributed by atoms with E-state index in [1.165, 1.54) is 6.92 Å². The molecule has 2 N–H and O–H groups in total. The molecule has 0 bridgehead atoms. The van der Waals surface area contributed by atoms with Crippen LogP contribution in [0.25, 0.3) is 0 Å². The highest BCUT2D eigenvalue weighted by Gasteiger charge is 2.26. The monoisotopic (exact) mass is 376 g/mol. The summed E-state index contributed by atoms with van der Waals surface area (Å²) in [6.45, 7) is 14.0. The molecule has 0 aromatic carbocycles. The molecule has 2 heterocycles. The molecular formula is C20H32N4O3. The van der Waals surface area contributed by atoms with E-state index < -0.39 is 0 Å². The molecule has 0 unspecified atom stereocenters. The fraction of sp³-hybridized carbons (Fsp3) is 0.650. The molecule has 1 aromatic rings. The molecule has 1 fully saturated rings. The van der Waals surface area contributed by atoms with Crippen LogP contribution < -0.4 is 5.32 Å². The lowest BCUT2D eigenvalue weighted by Gasteiger charge is -2.25. The summed E-state index contributed by atoms with van der Waals surface area (Å²) in [6.07, 6.45) is 0.812. The second-order valence-corrected chi connectivity index (χ2v) is 8.40. The number of aryl methyl sites for hydroxylation is 1. The Morgan fingerprint density at radius 1 is 1.07 bits per heavy atom. The standard InChI is InChI=1S/C20H32N4O3/c1-13-17(15(3)25)14(2)21-18(13)19(27)24-9-7-8-23(10-11-24)12-16(26)22-20(4,5)6/h21H,7-12H2,1-6H3,(H,22,26). The van der Waals surface area contributed by atoms with E-state index in [1.807, 2.05) is 39.5 Å². The van der Waals surface area contributed by atoms with Gasteiger partial charge < -0.3 is 15.2 Å². The molecule has 1 aliphatic rings. The molecule has 1 saturated heterocycles. The topological polar surface area (TPSA) is 85.5 Å². The maximum atomic E-state index is 13.0. The summed E-state index contributed by atoms with van der Waals surface area (Å²) < 4.78 is 0. The Hall–Kier alpha value is -2.15. The van der Waals surface area contributed by atoms with Crippen LogP contribution in [0.2, 0.25) is 0 Å². The molecule has 7 nitrogen and oxygen atoms in total. The fourth-order valence-corrected chi connectivity index (χ4v) is 3.64. The summed E-state index contributed by atoms with van der Waals surface area (Å²) in [4.78, 5) is 43.9. The van der Waals surface area contributed by atoms with Crippen molar-refractivity contribution >= 4 is 17.6 Å². The normalized spacial score (nSPS) is 16.1. The Balaban J connectivity index is 2.02. The molecule has 2 rings (SSSR count). The number of H-pyrrole nitrogens is 1. The van der Waals surface area contributed by atoms with E-state index in [2.05, 4.69) is 15.2 Å². The first kappa shape index (κ1) is 21.2. The Morgan fingerprint density at radius 3 is 2.30 bits per heavy atom. The van der Waals surface area contributed by atoms with E-state index >= 15 is 0 Å². The van der Waals surface area contributed by atoms with Crippen molar-refractivity contribution in [3.05, 3.63) is 22.5 Å². The van der Waals surface area contributed by atoms with Crippen LogP contribution in [0.15, 0.2) is 0 Å². The molecule has 0 spiro atoms. The van der Waals surface area contributed by atoms with Gasteiger partial charge in [0.25, 0.3) is 5.91 Å². The van der Waals surface area contributed by atoms with Gasteiger partial charge in [-0.25, -0.2) is 0 Å². The van der Waals surface area contributed by atoms with Gasteiger partial charge in [-0.05, 0) is 53.5 Å². The molecule has 0 radical (unpaired) electrons. The van der Waals surface area contributed by atoms with E-state index in [9.17, 15) is 14.4 Å². The number of Topliss-reactive ketones (excluding diaryl/α,β-unsaturated/α-hetero) is 1. The lowest BCUT2D eigenvalue weighted by Crippen LogP contribution is -2.46. The van der Waals surface area contributed by atoms with E-state index in [0.717, 1.165) is 24.2 Å². The van der Waals surface area contributed by atoms with Gasteiger partial charge in [-0.2, -0.15) is 0 Å². The number of nitrogens with zero attached hydrogens (tertiary/aromatic N) is 2. The highest BCUT2D eigenvalue weighted by molar-refractivity contribution is 6.02. The molecule has 150 valence electrons. The minimum atomic E-state index is -0.248. The predicted octanol–water partition coefficient (Wildman–Crippen LogP) is 1.90. The van der Waals surface area contributed by atoms with Crippen LogP contribution in [-0.2, 0) is 4.79 Å². The third kappa shape index (κ3) is 5.42. The summed E-state index contributed by atoms with van der Waals surface area (Å²) >= 11 is 0. The van der Waals surface area contributed by atoms with Crippen LogP contribution in [0.1, 0.15) is 66.2 Å². The summed E-state index contributed by atoms with van der Waals surface area (Å²) in [5.41, 5.74) is 2.31. The van der Waals surface area contributed by atoms with E-state index in [0.29, 0.717) is 37.4 Å². The number of hydrogen-bond donors (Lipinski definition) is 2. The fourth-order valence-electron chi connectivity index (χ4n) is 3.64. The van der Waals surface area contributed by atoms with Gasteiger partial charge in [0.05, 0.1) is 6.54 Å². The minimum absolute atomic E-state index is 0.00390. The number of aromatic nitrogens is 1. The Morgan fingerprint density at radius 2 is 1.74 bits per heavy atom. The summed E-state index contributed by atoms with van der Waals surface area (Å²) in [6, 6.07) is 0. The number of ketones is 1. The Labute approximate surface area is 161 Å². The van der Waals surface area contributed by atoms with Crippen LogP contribution in [-0.4, -0.2) is 70.6 Å². The first-order valence-corrected chi connectivity index (χ1v) is 9.52. The zero-order chi connectivity index (χ0) is 20.4. The smallest absolute Gasteiger partial charge is 0.270 e. The van der Waals surface area contributed by atoms with Crippen molar-refractivity contribution < 1.29 is 14.4 Å². The molecule has 0 aliphatic carbocycles. The first-order chi connectivity index (χ1) is 12.5. The van der Waals surface area contributed by atoms with Crippen LogP contribution in [0.3, 0.4) is 0 Å². The van der Waals surface area contributed by atoms with Crippen LogP contribution in [0.5, 0.6) is 0 Å². The van der Waals surface area contributed by atoms with Gasteiger partial charge in [-0.3, -0.25) is 19.3 Å². The second kappa shape index (κ2) is 8.25. The maximum Gasteiger partial charge on any atom is 0.270 e. The van der Waals surface area contributed by atoms with Crippen molar-refractivity contribution in [1.29, 1.82) is 0 Å². The largest absolute Gasteiger partial charge is 0.354 e. The van der Waals surface area contributed by atoms with Crippen molar-refractivity contribution in [2.24, 2.45) is 0 Å². The molecule has 0 saturated carbocycles. The third-order valence-electron chi connectivity index (χ3n) is 4.76. The number of amides is 2. The number of aromatic amines is 1. The number of carbonyl (C=O) groups excluding carboxylic acids is 3. The van der Waals surface area contributed by atoms with Crippen molar-refractivity contribution in [2.45, 2.75) is 53.5 Å². The van der Waals surface area contributed by atoms with Gasteiger partial charge in [-0.15, -0.1) is 0 Å². The minimum Gasteiger partial charge on any atom is -0.354 e. The lowest BCUT2D eigenvalue weighted by atomic mass is 10.1. The molecule has 2 amide bonds. The summed E-state index contributed by atoms with van der Waals surface area (Å²) in [5, 5.41) is 2.98. The average molecular weight is 377 g/mol. The number of hydrogen-bond acceptors (Lipinski definition) is 4. The Bertz CT molecular complexity index is 730. The van der Waals surface area contributed by atoms with Crippen molar-refractivity contribution in [2.75, 3.05) is 32.7 Å². The van der Waals surface area contributed by atoms with Crippen LogP contribution >= 0.6 is 0 Å². The van der Waals surface area contributed by atoms with E-state index in [1.54, 1.807) is 0 Å².